The fourth-order valence-electron chi connectivity index (χ4n) is 2.21. The number of nitrogens with two attached hydrogens (primary N) is 1. The summed E-state index contributed by atoms with van der Waals surface area (Å²) in [6.07, 6.45) is 3.40. The lowest BCUT2D eigenvalue weighted by Gasteiger charge is -2.27. The summed E-state index contributed by atoms with van der Waals surface area (Å²) in [5, 5.41) is 6.21. The normalized spacial score (nSPS) is 14.8. The van der Waals surface area contributed by atoms with E-state index in [4.69, 9.17) is 10.5 Å². The molecule has 4 heterocycles. The monoisotopic (exact) mass is 362 g/mol. The van der Waals surface area contributed by atoms with Crippen molar-refractivity contribution in [2.75, 3.05) is 42.3 Å². The van der Waals surface area contributed by atoms with Crippen molar-refractivity contribution in [3.63, 3.8) is 0 Å². The van der Waals surface area contributed by atoms with Crippen LogP contribution in [0.1, 0.15) is 0 Å². The molecule has 11 heteroatoms. The highest BCUT2D eigenvalue weighted by Crippen LogP contribution is 2.27. The fraction of sp³-hybridized carbons (Fsp3) is 0.308. The number of ether oxygens (including phenoxy) is 1. The van der Waals surface area contributed by atoms with Crippen LogP contribution in [-0.4, -0.2) is 51.2 Å². The molecule has 0 amide bonds. The molecule has 0 radical (unpaired) electrons. The van der Waals surface area contributed by atoms with Gasteiger partial charge in [-0.2, -0.15) is 15.0 Å². The molecular formula is C13H14N8OS2. The Balaban J connectivity index is 1.71. The van der Waals surface area contributed by atoms with Crippen LogP contribution >= 0.6 is 22.7 Å². The van der Waals surface area contributed by atoms with Crippen molar-refractivity contribution < 1.29 is 4.74 Å². The van der Waals surface area contributed by atoms with Crippen molar-refractivity contribution >= 4 is 44.8 Å². The molecule has 0 bridgehead atoms. The summed E-state index contributed by atoms with van der Waals surface area (Å²) in [6.45, 7) is 2.80. The summed E-state index contributed by atoms with van der Waals surface area (Å²) in [5.41, 5.74) is 5.73. The molecule has 3 aromatic rings. The van der Waals surface area contributed by atoms with Crippen molar-refractivity contribution in [2.45, 2.75) is 0 Å². The third-order valence-electron chi connectivity index (χ3n) is 3.31. The lowest BCUT2D eigenvalue weighted by atomic mass is 10.4. The lowest BCUT2D eigenvalue weighted by molar-refractivity contribution is 0.122. The zero-order valence-electron chi connectivity index (χ0n) is 12.5. The van der Waals surface area contributed by atoms with Gasteiger partial charge in [-0.25, -0.2) is 9.97 Å². The number of nitrogens with one attached hydrogen (secondary N) is 1. The summed E-state index contributed by atoms with van der Waals surface area (Å²) in [5.74, 6) is 1.59. The minimum absolute atomic E-state index is 0.448. The van der Waals surface area contributed by atoms with E-state index in [2.05, 4.69) is 35.1 Å². The van der Waals surface area contributed by atoms with Crippen LogP contribution in [0.4, 0.5) is 22.2 Å². The Hall–Kier alpha value is -2.37. The van der Waals surface area contributed by atoms with Gasteiger partial charge in [-0.1, -0.05) is 11.3 Å². The van der Waals surface area contributed by atoms with E-state index in [9.17, 15) is 0 Å². The van der Waals surface area contributed by atoms with E-state index in [-0.39, 0.29) is 0 Å². The van der Waals surface area contributed by atoms with Crippen LogP contribution in [0, 0.1) is 0 Å². The Morgan fingerprint density at radius 1 is 1.17 bits per heavy atom. The highest BCUT2D eigenvalue weighted by molar-refractivity contribution is 7.18. The third-order valence-corrected chi connectivity index (χ3v) is 4.82. The Morgan fingerprint density at radius 3 is 2.75 bits per heavy atom. The molecule has 3 aromatic heterocycles. The van der Waals surface area contributed by atoms with Gasteiger partial charge in [0.2, 0.25) is 11.9 Å². The highest BCUT2D eigenvalue weighted by atomic mass is 32.1. The minimum Gasteiger partial charge on any atom is -0.378 e. The molecule has 1 aliphatic heterocycles. The third kappa shape index (κ3) is 3.27. The Labute approximate surface area is 145 Å². The molecule has 0 aliphatic carbocycles. The molecule has 9 nitrogen and oxygen atoms in total. The van der Waals surface area contributed by atoms with Gasteiger partial charge in [-0.15, -0.1) is 11.3 Å². The van der Waals surface area contributed by atoms with Gasteiger partial charge in [0.25, 0.3) is 0 Å². The van der Waals surface area contributed by atoms with Gasteiger partial charge in [0, 0.05) is 24.7 Å². The minimum atomic E-state index is 0.448. The number of rotatable bonds is 4. The molecule has 0 saturated carbocycles. The standard InChI is InChI=1S/C13H14N8OS2/c14-10-16-7-8(24-10)9-17-11(20-13-15-1-6-23-13)19-12(18-9)21-2-4-22-5-3-21/h1,6-7H,2-5H2,(H2,14,16)(H,15,17,18,19,20). The lowest BCUT2D eigenvalue weighted by Crippen LogP contribution is -2.37. The summed E-state index contributed by atoms with van der Waals surface area (Å²) < 4.78 is 5.39. The number of hydrogen-bond acceptors (Lipinski definition) is 11. The quantitative estimate of drug-likeness (QED) is 0.714. The molecule has 1 aliphatic rings. The first-order valence-electron chi connectivity index (χ1n) is 7.25. The summed E-state index contributed by atoms with van der Waals surface area (Å²) >= 11 is 2.82. The van der Waals surface area contributed by atoms with E-state index in [1.807, 2.05) is 5.38 Å². The van der Waals surface area contributed by atoms with Crippen LogP contribution < -0.4 is 16.0 Å². The molecule has 1 fully saturated rings. The van der Waals surface area contributed by atoms with Crippen molar-refractivity contribution in [3.05, 3.63) is 17.8 Å². The van der Waals surface area contributed by atoms with E-state index in [1.54, 1.807) is 12.4 Å². The molecule has 3 N–H and O–H groups in total. The molecule has 0 spiro atoms. The second-order valence-electron chi connectivity index (χ2n) is 4.91. The van der Waals surface area contributed by atoms with Crippen molar-refractivity contribution in [2.24, 2.45) is 0 Å². The topological polar surface area (TPSA) is 115 Å². The predicted molar refractivity (Wildman–Crippen MR) is 93.8 cm³/mol. The van der Waals surface area contributed by atoms with Crippen LogP contribution in [0.5, 0.6) is 0 Å². The van der Waals surface area contributed by atoms with Gasteiger partial charge >= 0.3 is 0 Å². The predicted octanol–water partition coefficient (Wildman–Crippen LogP) is 1.61. The van der Waals surface area contributed by atoms with E-state index < -0.39 is 0 Å². The average Bonchev–Trinajstić information content (AvgIpc) is 3.27. The summed E-state index contributed by atoms with van der Waals surface area (Å²) in [6, 6.07) is 0. The average molecular weight is 362 g/mol. The van der Waals surface area contributed by atoms with Gasteiger partial charge in [0.1, 0.15) is 0 Å². The van der Waals surface area contributed by atoms with Gasteiger partial charge < -0.3 is 15.4 Å². The number of nitrogens with zero attached hydrogens (tertiary/aromatic N) is 6. The first kappa shape index (κ1) is 15.2. The van der Waals surface area contributed by atoms with Crippen LogP contribution in [0.25, 0.3) is 10.7 Å². The number of anilines is 4. The summed E-state index contributed by atoms with van der Waals surface area (Å²) in [7, 11) is 0. The van der Waals surface area contributed by atoms with Crippen LogP contribution in [0.15, 0.2) is 17.8 Å². The molecule has 124 valence electrons. The zero-order valence-corrected chi connectivity index (χ0v) is 14.2. The first-order valence-corrected chi connectivity index (χ1v) is 8.94. The number of nitrogen functional groups attached to an aromatic ring is 1. The van der Waals surface area contributed by atoms with Crippen LogP contribution in [-0.2, 0) is 4.74 Å². The van der Waals surface area contributed by atoms with Crippen molar-refractivity contribution in [1.29, 1.82) is 0 Å². The van der Waals surface area contributed by atoms with Gasteiger partial charge in [-0.05, 0) is 0 Å². The van der Waals surface area contributed by atoms with Gasteiger partial charge in [0.15, 0.2) is 16.1 Å². The molecule has 4 rings (SSSR count). The van der Waals surface area contributed by atoms with Crippen molar-refractivity contribution in [3.8, 4) is 10.7 Å². The number of hydrogen-bond donors (Lipinski definition) is 2. The first-order chi connectivity index (χ1) is 11.8. The molecule has 0 atom stereocenters. The van der Waals surface area contributed by atoms with E-state index in [0.29, 0.717) is 36.1 Å². The molecule has 0 unspecified atom stereocenters. The van der Waals surface area contributed by atoms with E-state index >= 15 is 0 Å². The van der Waals surface area contributed by atoms with Gasteiger partial charge in [0.05, 0.1) is 24.3 Å². The Morgan fingerprint density at radius 2 is 2.04 bits per heavy atom. The number of morpholine rings is 1. The van der Waals surface area contributed by atoms with Crippen molar-refractivity contribution in [1.82, 2.24) is 24.9 Å². The number of aromatic nitrogens is 5. The smallest absolute Gasteiger partial charge is 0.234 e. The maximum Gasteiger partial charge on any atom is 0.234 e. The Bertz CT molecular complexity index is 815. The van der Waals surface area contributed by atoms with Crippen LogP contribution in [0.2, 0.25) is 0 Å². The fourth-order valence-corrected chi connectivity index (χ4v) is 3.35. The Kier molecular flexibility index (Phi) is 4.19. The number of thiazole rings is 2. The van der Waals surface area contributed by atoms with Gasteiger partial charge in [-0.3, -0.25) is 5.32 Å². The molecular weight excluding hydrogens is 348 g/mol. The SMILES string of the molecule is Nc1ncc(-c2nc(Nc3nccs3)nc(N3CCOCC3)n2)s1. The van der Waals surface area contributed by atoms with E-state index in [1.165, 1.54) is 22.7 Å². The largest absolute Gasteiger partial charge is 0.378 e. The maximum absolute atomic E-state index is 5.73. The zero-order chi connectivity index (χ0) is 16.4. The highest BCUT2D eigenvalue weighted by Gasteiger charge is 2.18. The van der Waals surface area contributed by atoms with E-state index in [0.717, 1.165) is 23.1 Å². The second kappa shape index (κ2) is 6.63. The molecule has 24 heavy (non-hydrogen) atoms. The second-order valence-corrected chi connectivity index (χ2v) is 6.86. The molecule has 1 saturated heterocycles. The maximum atomic E-state index is 5.73. The van der Waals surface area contributed by atoms with Crippen LogP contribution in [0.3, 0.4) is 0 Å². The molecule has 0 aromatic carbocycles. The summed E-state index contributed by atoms with van der Waals surface area (Å²) in [4.78, 5) is 24.7.